The number of para-hydroxylation sites is 1. The highest BCUT2D eigenvalue weighted by Crippen LogP contribution is 2.68. The van der Waals surface area contributed by atoms with Crippen molar-refractivity contribution >= 4 is 35.2 Å². The number of aliphatic hydroxyl groups is 1. The minimum atomic E-state index is -0.627. The van der Waals surface area contributed by atoms with E-state index in [1.807, 2.05) is 60.7 Å². The van der Waals surface area contributed by atoms with Gasteiger partial charge >= 0.3 is 0 Å². The number of carbonyl (C=O) groups excluding carboxylic acids is 3. The third-order valence-electron chi connectivity index (χ3n) is 8.20. The lowest BCUT2D eigenvalue weighted by molar-refractivity contribution is -0.139. The third-order valence-corrected chi connectivity index (χ3v) is 10.3. The molecule has 3 aliphatic heterocycles. The van der Waals surface area contributed by atoms with Crippen LogP contribution >= 0.6 is 11.8 Å². The second-order valence-corrected chi connectivity index (χ2v) is 12.0. The Morgan fingerprint density at radius 3 is 2.43 bits per heavy atom. The molecule has 2 bridgehead atoms. The first-order chi connectivity index (χ1) is 18.0. The fourth-order valence-electron chi connectivity index (χ4n) is 6.56. The van der Waals surface area contributed by atoms with E-state index < -0.39 is 22.6 Å². The lowest BCUT2D eigenvalue weighted by atomic mass is 9.66. The van der Waals surface area contributed by atoms with E-state index in [1.54, 1.807) is 16.7 Å². The molecule has 37 heavy (non-hydrogen) atoms. The second kappa shape index (κ2) is 10.9. The molecule has 0 aliphatic carbocycles. The van der Waals surface area contributed by atoms with Crippen molar-refractivity contribution < 1.29 is 19.5 Å². The summed E-state index contributed by atoms with van der Waals surface area (Å²) in [6.45, 7) is 3.08. The van der Waals surface area contributed by atoms with Crippen LogP contribution in [-0.4, -0.2) is 56.9 Å². The van der Waals surface area contributed by atoms with Crippen molar-refractivity contribution in [3.63, 3.8) is 0 Å². The Bertz CT molecular complexity index is 1130. The van der Waals surface area contributed by atoms with Gasteiger partial charge in [-0.3, -0.25) is 14.4 Å². The molecule has 196 valence electrons. The highest BCUT2D eigenvalue weighted by Gasteiger charge is 2.75. The topological polar surface area (TPSA) is 98.7 Å². The number of benzene rings is 2. The third kappa shape index (κ3) is 4.66. The van der Waals surface area contributed by atoms with Gasteiger partial charge in [-0.25, -0.2) is 0 Å². The number of amides is 3. The maximum Gasteiger partial charge on any atom is 0.244 e. The normalized spacial score (nSPS) is 29.8. The van der Waals surface area contributed by atoms with Gasteiger partial charge in [0, 0.05) is 30.6 Å². The van der Waals surface area contributed by atoms with Crippen LogP contribution in [0, 0.1) is 17.8 Å². The summed E-state index contributed by atoms with van der Waals surface area (Å²) in [5, 5.41) is 15.3. The zero-order valence-corrected chi connectivity index (χ0v) is 22.0. The molecule has 2 aromatic carbocycles. The number of anilines is 1. The number of thioether (sulfide) groups is 1. The van der Waals surface area contributed by atoms with E-state index in [4.69, 9.17) is 0 Å². The monoisotopic (exact) mass is 521 g/mol. The summed E-state index contributed by atoms with van der Waals surface area (Å²) < 4.78 is -0.627. The first kappa shape index (κ1) is 25.8. The average molecular weight is 522 g/mol. The van der Waals surface area contributed by atoms with E-state index in [0.29, 0.717) is 31.6 Å². The number of aliphatic hydroxyl groups excluding tert-OH is 1. The van der Waals surface area contributed by atoms with Gasteiger partial charge in [0.15, 0.2) is 0 Å². The summed E-state index contributed by atoms with van der Waals surface area (Å²) in [4.78, 5) is 43.2. The van der Waals surface area contributed by atoms with Gasteiger partial charge in [0.25, 0.3) is 0 Å². The summed E-state index contributed by atoms with van der Waals surface area (Å²) in [7, 11) is 0. The van der Waals surface area contributed by atoms with Gasteiger partial charge in [-0.15, -0.1) is 11.8 Å². The number of hydrogen-bond donors (Lipinski definition) is 3. The van der Waals surface area contributed by atoms with Crippen LogP contribution in [0.5, 0.6) is 0 Å². The zero-order chi connectivity index (χ0) is 26.0. The maximum atomic E-state index is 14.0. The van der Waals surface area contributed by atoms with Crippen molar-refractivity contribution in [1.29, 1.82) is 0 Å². The van der Waals surface area contributed by atoms with E-state index in [1.165, 1.54) is 0 Å². The Morgan fingerprint density at radius 1 is 1.03 bits per heavy atom. The molecule has 0 aromatic heterocycles. The van der Waals surface area contributed by atoms with Crippen molar-refractivity contribution in [3.05, 3.63) is 66.2 Å². The minimum Gasteiger partial charge on any atom is -0.396 e. The van der Waals surface area contributed by atoms with Crippen molar-refractivity contribution in [2.45, 2.75) is 55.2 Å². The molecule has 3 unspecified atom stereocenters. The van der Waals surface area contributed by atoms with Gasteiger partial charge in [0.1, 0.15) is 6.04 Å². The highest BCUT2D eigenvalue weighted by molar-refractivity contribution is 8.02. The Hall–Kier alpha value is -2.84. The summed E-state index contributed by atoms with van der Waals surface area (Å²) in [5.41, 5.74) is 1.71. The number of unbranched alkanes of at least 4 members (excludes halogenated alkanes) is 2. The van der Waals surface area contributed by atoms with E-state index >= 15 is 0 Å². The number of fused-ring (bicyclic) bond motifs is 1. The number of nitrogens with zero attached hydrogens (tertiary/aromatic N) is 1. The van der Waals surface area contributed by atoms with Crippen LogP contribution in [0.3, 0.4) is 0 Å². The Kier molecular flexibility index (Phi) is 7.58. The van der Waals surface area contributed by atoms with Gasteiger partial charge in [-0.05, 0) is 49.3 Å². The first-order valence-electron chi connectivity index (χ1n) is 13.2. The van der Waals surface area contributed by atoms with Crippen LogP contribution in [0.2, 0.25) is 0 Å². The van der Waals surface area contributed by atoms with Gasteiger partial charge in [0.05, 0.1) is 16.6 Å². The van der Waals surface area contributed by atoms with Crippen LogP contribution < -0.4 is 10.6 Å². The number of likely N-dealkylation sites (tertiary alicyclic amines) is 1. The second-order valence-electron chi connectivity index (χ2n) is 10.4. The number of nitrogens with one attached hydrogen (secondary N) is 2. The summed E-state index contributed by atoms with van der Waals surface area (Å²) in [6.07, 6.45) is 2.96. The fraction of sp³-hybridized carbons (Fsp3) is 0.483. The van der Waals surface area contributed by atoms with Crippen LogP contribution in [-0.2, 0) is 20.9 Å². The maximum absolute atomic E-state index is 14.0. The Labute approximate surface area is 222 Å². The molecule has 7 nitrogen and oxygen atoms in total. The van der Waals surface area contributed by atoms with Crippen LogP contribution in [0.4, 0.5) is 5.69 Å². The van der Waals surface area contributed by atoms with Crippen LogP contribution in [0.1, 0.15) is 38.2 Å². The number of hydrogen-bond acceptors (Lipinski definition) is 5. The Morgan fingerprint density at radius 2 is 1.73 bits per heavy atom. The predicted octanol–water partition coefficient (Wildman–Crippen LogP) is 3.44. The molecular weight excluding hydrogens is 486 g/mol. The molecule has 8 heteroatoms. The highest BCUT2D eigenvalue weighted by atomic mass is 32.2. The number of carbonyl (C=O) groups is 3. The van der Waals surface area contributed by atoms with Gasteiger partial charge in [0.2, 0.25) is 17.7 Å². The van der Waals surface area contributed by atoms with Gasteiger partial charge in [-0.1, -0.05) is 55.5 Å². The molecule has 3 saturated heterocycles. The van der Waals surface area contributed by atoms with Crippen molar-refractivity contribution in [2.75, 3.05) is 18.5 Å². The largest absolute Gasteiger partial charge is 0.396 e. The van der Waals surface area contributed by atoms with Gasteiger partial charge in [-0.2, -0.15) is 0 Å². The standard InChI is InChI=1S/C29H35N3O4S/c1-19-17-22-23(26(34)31-21-13-7-3-8-14-21)24-28(36)32(15-9-4-10-16-33)25(29(19,24)37-22)27(35)30-18-20-11-5-2-6-12-20/h2-3,5-8,11-14,19,22-25,33H,4,9-10,15-18H2,1H3,(H,30,35)(H,31,34)/t19?,22-,23+,24+,25?,29?/m1/s1. The average Bonchev–Trinajstić information content (AvgIpc) is 3.50. The molecule has 0 saturated carbocycles. The SMILES string of the molecule is CC1C[C@H]2SC13C(C(=O)NCc1ccccc1)N(CCCCCO)C(=O)[C@@H]3[C@H]2C(=O)Nc1ccccc1. The molecule has 1 spiro atoms. The zero-order valence-electron chi connectivity index (χ0n) is 21.1. The molecule has 3 N–H and O–H groups in total. The molecule has 3 heterocycles. The minimum absolute atomic E-state index is 0.00799. The van der Waals surface area contributed by atoms with E-state index in [9.17, 15) is 19.5 Å². The fourth-order valence-corrected chi connectivity index (χ4v) is 8.98. The molecule has 2 aromatic rings. The first-order valence-corrected chi connectivity index (χ1v) is 14.1. The molecule has 6 atom stereocenters. The Balaban J connectivity index is 1.43. The molecule has 3 amide bonds. The van der Waals surface area contributed by atoms with E-state index in [-0.39, 0.29) is 35.5 Å². The summed E-state index contributed by atoms with van der Waals surface area (Å²) >= 11 is 1.69. The van der Waals surface area contributed by atoms with Crippen LogP contribution in [0.15, 0.2) is 60.7 Å². The van der Waals surface area contributed by atoms with E-state index in [2.05, 4.69) is 17.6 Å². The molecule has 0 radical (unpaired) electrons. The van der Waals surface area contributed by atoms with E-state index in [0.717, 1.165) is 18.4 Å². The lowest BCUT2D eigenvalue weighted by Crippen LogP contribution is -2.56. The molecule has 3 fully saturated rings. The van der Waals surface area contributed by atoms with Gasteiger partial charge < -0.3 is 20.6 Å². The quantitative estimate of drug-likeness (QED) is 0.416. The summed E-state index contributed by atoms with van der Waals surface area (Å²) in [5.74, 6) is -1.24. The molecule has 3 aliphatic rings. The summed E-state index contributed by atoms with van der Waals surface area (Å²) in [6, 6.07) is 18.5. The predicted molar refractivity (Wildman–Crippen MR) is 145 cm³/mol. The molecule has 5 rings (SSSR count). The lowest BCUT2D eigenvalue weighted by Gasteiger charge is -2.38. The number of rotatable bonds is 10. The van der Waals surface area contributed by atoms with Crippen molar-refractivity contribution in [2.24, 2.45) is 17.8 Å². The van der Waals surface area contributed by atoms with Crippen molar-refractivity contribution in [1.82, 2.24) is 10.2 Å². The van der Waals surface area contributed by atoms with Crippen LogP contribution in [0.25, 0.3) is 0 Å². The van der Waals surface area contributed by atoms with Crippen molar-refractivity contribution in [3.8, 4) is 0 Å². The smallest absolute Gasteiger partial charge is 0.244 e. The molecular formula is C29H35N3O4S.